The van der Waals surface area contributed by atoms with E-state index >= 15 is 0 Å². The maximum absolute atomic E-state index is 11.0. The average molecular weight is 475 g/mol. The zero-order valence-electron chi connectivity index (χ0n) is 18.6. The van der Waals surface area contributed by atoms with Crippen molar-refractivity contribution in [2.45, 2.75) is 44.1 Å². The molecule has 1 atom stereocenters. The molecule has 0 aliphatic rings. The fourth-order valence-electron chi connectivity index (χ4n) is 3.11. The number of aliphatic hydroxyl groups excluding tert-OH is 1. The zero-order valence-corrected chi connectivity index (χ0v) is 20.2. The molecule has 172 valence electrons. The van der Waals surface area contributed by atoms with E-state index in [0.717, 1.165) is 22.0 Å². The van der Waals surface area contributed by atoms with Gasteiger partial charge in [0.1, 0.15) is 4.70 Å². The number of fused-ring (bicyclic) bond motifs is 1. The number of rotatable bonds is 12. The predicted molar refractivity (Wildman–Crippen MR) is 132 cm³/mol. The number of thioether (sulfide) groups is 1. The van der Waals surface area contributed by atoms with Crippen LogP contribution >= 0.6 is 23.1 Å². The molecule has 0 bridgehead atoms. The number of nitrogens with one attached hydrogen (secondary N) is 3. The van der Waals surface area contributed by atoms with Gasteiger partial charge in [0.05, 0.1) is 12.6 Å². The van der Waals surface area contributed by atoms with Gasteiger partial charge in [0.2, 0.25) is 5.91 Å². The first-order valence-corrected chi connectivity index (χ1v) is 12.5. The van der Waals surface area contributed by atoms with E-state index in [0.29, 0.717) is 35.6 Å². The molecule has 1 aromatic carbocycles. The minimum atomic E-state index is -0.0988. The highest BCUT2D eigenvalue weighted by atomic mass is 32.2. The Morgan fingerprint density at radius 3 is 2.62 bits per heavy atom. The summed E-state index contributed by atoms with van der Waals surface area (Å²) in [4.78, 5) is 25.1. The molecule has 32 heavy (non-hydrogen) atoms. The Morgan fingerprint density at radius 1 is 1.16 bits per heavy atom. The van der Waals surface area contributed by atoms with E-state index in [1.165, 1.54) is 23.8 Å². The summed E-state index contributed by atoms with van der Waals surface area (Å²) in [6.45, 7) is 6.86. The number of hydrogen-bond acceptors (Lipinski definition) is 9. The maximum Gasteiger partial charge on any atom is 0.216 e. The minimum Gasteiger partial charge on any atom is -0.394 e. The molecule has 2 aromatic heterocycles. The van der Waals surface area contributed by atoms with E-state index in [-0.39, 0.29) is 18.6 Å². The van der Waals surface area contributed by atoms with Crippen molar-refractivity contribution in [2.75, 3.05) is 30.3 Å². The molecule has 1 amide bonds. The first-order chi connectivity index (χ1) is 15.4. The van der Waals surface area contributed by atoms with E-state index in [1.54, 1.807) is 11.8 Å². The van der Waals surface area contributed by atoms with Crippen molar-refractivity contribution in [1.29, 1.82) is 0 Å². The largest absolute Gasteiger partial charge is 0.394 e. The Balaban J connectivity index is 1.82. The summed E-state index contributed by atoms with van der Waals surface area (Å²) in [6.07, 6.45) is 0.828. The number of aromatic nitrogens is 3. The van der Waals surface area contributed by atoms with Crippen molar-refractivity contribution in [3.63, 3.8) is 0 Å². The van der Waals surface area contributed by atoms with Crippen LogP contribution in [0.4, 0.5) is 10.9 Å². The molecule has 3 aromatic rings. The summed E-state index contributed by atoms with van der Waals surface area (Å²) in [7, 11) is 0. The Kier molecular flexibility index (Phi) is 9.07. The molecular weight excluding hydrogens is 444 g/mol. The molecule has 0 saturated carbocycles. The summed E-state index contributed by atoms with van der Waals surface area (Å²) in [5, 5.41) is 20.6. The normalized spacial score (nSPS) is 12.2. The Morgan fingerprint density at radius 2 is 1.94 bits per heavy atom. The smallest absolute Gasteiger partial charge is 0.216 e. The highest BCUT2D eigenvalue weighted by Gasteiger charge is 2.18. The molecule has 3 rings (SSSR count). The lowest BCUT2D eigenvalue weighted by molar-refractivity contribution is -0.118. The zero-order chi connectivity index (χ0) is 22.9. The standard InChI is InChI=1S/C22H30N6O2S2/c1-14(2)11-17(12-29)25-19-18-20(26-21(32-18)24-10-9-23-15(3)30)28-22(27-19)31-13-16-7-5-4-6-8-16/h4-8,14,17,29H,9-13H2,1-3H3,(H,23,30)(H2,24,25,26,27,28)/t17-/m1/s1. The van der Waals surface area contributed by atoms with E-state index < -0.39 is 0 Å². The molecule has 0 radical (unpaired) electrons. The minimum absolute atomic E-state index is 0.0246. The monoisotopic (exact) mass is 474 g/mol. The van der Waals surface area contributed by atoms with Crippen molar-refractivity contribution < 1.29 is 9.90 Å². The van der Waals surface area contributed by atoms with Gasteiger partial charge < -0.3 is 21.1 Å². The number of aliphatic hydroxyl groups is 1. The first kappa shape index (κ1) is 24.2. The van der Waals surface area contributed by atoms with Gasteiger partial charge in [-0.25, -0.2) is 9.97 Å². The molecule has 10 heteroatoms. The van der Waals surface area contributed by atoms with Gasteiger partial charge in [0.15, 0.2) is 21.8 Å². The molecule has 0 aliphatic heterocycles. The molecule has 0 fully saturated rings. The summed E-state index contributed by atoms with van der Waals surface area (Å²) in [5.41, 5.74) is 1.81. The van der Waals surface area contributed by atoms with Crippen molar-refractivity contribution in [1.82, 2.24) is 20.3 Å². The van der Waals surface area contributed by atoms with E-state index in [9.17, 15) is 9.90 Å². The SMILES string of the molecule is CC(=O)NCCNc1nc2nc(SCc3ccccc3)nc(N[C@@H](CO)CC(C)C)c2s1. The van der Waals surface area contributed by atoms with Crippen LogP contribution in [0.1, 0.15) is 32.8 Å². The molecule has 8 nitrogen and oxygen atoms in total. The second kappa shape index (κ2) is 12.0. The van der Waals surface area contributed by atoms with Crippen LogP contribution in [0.15, 0.2) is 35.5 Å². The number of anilines is 2. The molecule has 0 aliphatic carbocycles. The van der Waals surface area contributed by atoms with Gasteiger partial charge in [-0.15, -0.1) is 0 Å². The first-order valence-electron chi connectivity index (χ1n) is 10.7. The fraction of sp³-hybridized carbons (Fsp3) is 0.455. The van der Waals surface area contributed by atoms with Crippen LogP contribution in [0.3, 0.4) is 0 Å². The predicted octanol–water partition coefficient (Wildman–Crippen LogP) is 3.75. The lowest BCUT2D eigenvalue weighted by Crippen LogP contribution is -2.26. The summed E-state index contributed by atoms with van der Waals surface area (Å²) in [6, 6.07) is 10.1. The van der Waals surface area contributed by atoms with Crippen LogP contribution in [0.5, 0.6) is 0 Å². The summed E-state index contributed by atoms with van der Waals surface area (Å²) in [5.74, 6) is 1.83. The third kappa shape index (κ3) is 7.32. The lowest BCUT2D eigenvalue weighted by atomic mass is 10.0. The highest BCUT2D eigenvalue weighted by Crippen LogP contribution is 2.33. The molecule has 0 saturated heterocycles. The van der Waals surface area contributed by atoms with Gasteiger partial charge in [0, 0.05) is 25.8 Å². The van der Waals surface area contributed by atoms with Gasteiger partial charge in [-0.05, 0) is 17.9 Å². The van der Waals surface area contributed by atoms with Crippen LogP contribution in [0.2, 0.25) is 0 Å². The van der Waals surface area contributed by atoms with Crippen LogP contribution in [0, 0.1) is 5.92 Å². The number of hydrogen-bond donors (Lipinski definition) is 4. The molecule has 0 unspecified atom stereocenters. The average Bonchev–Trinajstić information content (AvgIpc) is 3.18. The number of nitrogens with zero attached hydrogens (tertiary/aromatic N) is 3. The van der Waals surface area contributed by atoms with Gasteiger partial charge in [-0.1, -0.05) is 67.3 Å². The van der Waals surface area contributed by atoms with Crippen molar-refractivity contribution >= 4 is 50.3 Å². The summed E-state index contributed by atoms with van der Waals surface area (Å²) >= 11 is 3.02. The maximum atomic E-state index is 11.0. The second-order valence-electron chi connectivity index (χ2n) is 7.86. The van der Waals surface area contributed by atoms with Gasteiger partial charge in [0.25, 0.3) is 0 Å². The highest BCUT2D eigenvalue weighted by molar-refractivity contribution is 7.98. The topological polar surface area (TPSA) is 112 Å². The van der Waals surface area contributed by atoms with Crippen LogP contribution in [0.25, 0.3) is 10.3 Å². The van der Waals surface area contributed by atoms with Gasteiger partial charge >= 0.3 is 0 Å². The number of amides is 1. The third-order valence-corrected chi connectivity index (χ3v) is 6.46. The number of benzene rings is 1. The molecule has 2 heterocycles. The fourth-order valence-corrected chi connectivity index (χ4v) is 4.79. The molecule has 4 N–H and O–H groups in total. The van der Waals surface area contributed by atoms with Crippen molar-refractivity contribution in [2.24, 2.45) is 5.92 Å². The molecular formula is C22H30N6O2S2. The lowest BCUT2D eigenvalue weighted by Gasteiger charge is -2.19. The number of carbonyl (C=O) groups excluding carboxylic acids is 1. The van der Waals surface area contributed by atoms with Crippen LogP contribution in [-0.4, -0.2) is 51.7 Å². The quantitative estimate of drug-likeness (QED) is 0.178. The third-order valence-electron chi connectivity index (χ3n) is 4.54. The van der Waals surface area contributed by atoms with Gasteiger partial charge in [-0.3, -0.25) is 4.79 Å². The Labute approximate surface area is 196 Å². The van der Waals surface area contributed by atoms with Crippen molar-refractivity contribution in [3.8, 4) is 0 Å². The van der Waals surface area contributed by atoms with Crippen LogP contribution < -0.4 is 16.0 Å². The molecule has 0 spiro atoms. The number of carbonyl (C=O) groups is 1. The van der Waals surface area contributed by atoms with Crippen LogP contribution in [-0.2, 0) is 10.5 Å². The van der Waals surface area contributed by atoms with E-state index in [4.69, 9.17) is 4.98 Å². The van der Waals surface area contributed by atoms with Crippen molar-refractivity contribution in [3.05, 3.63) is 35.9 Å². The Bertz CT molecular complexity index is 1010. The van der Waals surface area contributed by atoms with E-state index in [2.05, 4.69) is 51.9 Å². The summed E-state index contributed by atoms with van der Waals surface area (Å²) < 4.78 is 0.846. The second-order valence-corrected chi connectivity index (χ2v) is 9.81. The van der Waals surface area contributed by atoms with Gasteiger partial charge in [-0.2, -0.15) is 4.98 Å². The number of thiazole rings is 1. The Hall–Kier alpha value is -2.43. The van der Waals surface area contributed by atoms with E-state index in [1.807, 2.05) is 18.2 Å².